The minimum atomic E-state index is -0.353. The first-order valence-electron chi connectivity index (χ1n) is 10.6. The standard InChI is InChI=1S/C24H27N3O4/c1-31-21-9-5-8-20(15-21)27-16-18(14-22(27)28)24(30)26-12-10-17(11-13-26)23(29)25-19-6-3-2-4-7-19/h2-9,15,17-18H,10-14,16H2,1H3,(H,25,29). The molecule has 31 heavy (non-hydrogen) atoms. The molecule has 2 aliphatic rings. The average molecular weight is 421 g/mol. The van der Waals surface area contributed by atoms with E-state index in [4.69, 9.17) is 4.74 Å². The van der Waals surface area contributed by atoms with Gasteiger partial charge in [0.15, 0.2) is 0 Å². The van der Waals surface area contributed by atoms with Gasteiger partial charge in [-0.1, -0.05) is 24.3 Å². The van der Waals surface area contributed by atoms with Gasteiger partial charge in [-0.2, -0.15) is 0 Å². The first-order chi connectivity index (χ1) is 15.0. The molecular weight excluding hydrogens is 394 g/mol. The van der Waals surface area contributed by atoms with Crippen LogP contribution in [-0.4, -0.2) is 49.4 Å². The number of amides is 3. The maximum Gasteiger partial charge on any atom is 0.228 e. The SMILES string of the molecule is COc1cccc(N2CC(C(=O)N3CCC(C(=O)Nc4ccccc4)CC3)CC2=O)c1. The number of rotatable bonds is 5. The molecule has 1 unspecified atom stereocenters. The van der Waals surface area contributed by atoms with Crippen LogP contribution in [0, 0.1) is 11.8 Å². The maximum atomic E-state index is 13.0. The molecule has 1 N–H and O–H groups in total. The summed E-state index contributed by atoms with van der Waals surface area (Å²) in [5.74, 6) is 0.162. The molecule has 0 saturated carbocycles. The van der Waals surface area contributed by atoms with Gasteiger partial charge in [-0.25, -0.2) is 0 Å². The van der Waals surface area contributed by atoms with E-state index in [1.165, 1.54) is 0 Å². The topological polar surface area (TPSA) is 79.0 Å². The molecule has 2 aromatic rings. The lowest BCUT2D eigenvalue weighted by molar-refractivity contribution is -0.138. The third-order valence-electron chi connectivity index (χ3n) is 6.06. The monoisotopic (exact) mass is 421 g/mol. The van der Waals surface area contributed by atoms with Crippen molar-refractivity contribution < 1.29 is 19.1 Å². The number of carbonyl (C=O) groups excluding carboxylic acids is 3. The Bertz CT molecular complexity index is 954. The van der Waals surface area contributed by atoms with E-state index in [0.717, 1.165) is 11.4 Å². The second-order valence-corrected chi connectivity index (χ2v) is 8.06. The summed E-state index contributed by atoms with van der Waals surface area (Å²) in [6.45, 7) is 1.45. The molecule has 2 saturated heterocycles. The highest BCUT2D eigenvalue weighted by Gasteiger charge is 2.38. The fourth-order valence-electron chi connectivity index (χ4n) is 4.29. The second-order valence-electron chi connectivity index (χ2n) is 8.06. The van der Waals surface area contributed by atoms with E-state index < -0.39 is 0 Å². The zero-order valence-electron chi connectivity index (χ0n) is 17.6. The number of nitrogens with one attached hydrogen (secondary N) is 1. The Morgan fingerprint density at radius 2 is 1.74 bits per heavy atom. The summed E-state index contributed by atoms with van der Waals surface area (Å²) in [4.78, 5) is 41.6. The van der Waals surface area contributed by atoms with E-state index >= 15 is 0 Å². The summed E-state index contributed by atoms with van der Waals surface area (Å²) < 4.78 is 5.24. The number of carbonyl (C=O) groups is 3. The van der Waals surface area contributed by atoms with Crippen molar-refractivity contribution in [1.29, 1.82) is 0 Å². The molecule has 0 bridgehead atoms. The number of nitrogens with zero attached hydrogens (tertiary/aromatic N) is 2. The van der Waals surface area contributed by atoms with Crippen molar-refractivity contribution >= 4 is 29.1 Å². The number of para-hydroxylation sites is 1. The highest BCUT2D eigenvalue weighted by molar-refractivity contribution is 6.00. The zero-order chi connectivity index (χ0) is 21.8. The quantitative estimate of drug-likeness (QED) is 0.805. The van der Waals surface area contributed by atoms with Crippen LogP contribution in [0.5, 0.6) is 5.75 Å². The second kappa shape index (κ2) is 9.20. The maximum absolute atomic E-state index is 13.0. The van der Waals surface area contributed by atoms with Crippen LogP contribution in [0.15, 0.2) is 54.6 Å². The Morgan fingerprint density at radius 1 is 1.00 bits per heavy atom. The molecule has 0 aromatic heterocycles. The fourth-order valence-corrected chi connectivity index (χ4v) is 4.29. The zero-order valence-corrected chi connectivity index (χ0v) is 17.6. The largest absolute Gasteiger partial charge is 0.497 e. The lowest BCUT2D eigenvalue weighted by atomic mass is 9.94. The van der Waals surface area contributed by atoms with Crippen LogP contribution in [0.4, 0.5) is 11.4 Å². The number of benzene rings is 2. The van der Waals surface area contributed by atoms with Crippen molar-refractivity contribution in [3.05, 3.63) is 54.6 Å². The van der Waals surface area contributed by atoms with Crippen molar-refractivity contribution in [3.8, 4) is 5.75 Å². The Kier molecular flexibility index (Phi) is 6.21. The molecule has 1 atom stereocenters. The van der Waals surface area contributed by atoms with Crippen molar-refractivity contribution in [1.82, 2.24) is 4.90 Å². The Morgan fingerprint density at radius 3 is 2.45 bits per heavy atom. The van der Waals surface area contributed by atoms with Crippen molar-refractivity contribution in [2.75, 3.05) is 37.0 Å². The van der Waals surface area contributed by atoms with E-state index in [9.17, 15) is 14.4 Å². The molecule has 2 aromatic carbocycles. The van der Waals surface area contributed by atoms with Crippen LogP contribution in [0.1, 0.15) is 19.3 Å². The highest BCUT2D eigenvalue weighted by Crippen LogP contribution is 2.30. The number of hydrogen-bond acceptors (Lipinski definition) is 4. The van der Waals surface area contributed by atoms with Crippen LogP contribution < -0.4 is 15.0 Å². The van der Waals surface area contributed by atoms with Gasteiger partial charge in [0.25, 0.3) is 0 Å². The molecular formula is C24H27N3O4. The molecule has 2 heterocycles. The number of hydrogen-bond donors (Lipinski definition) is 1. The minimum Gasteiger partial charge on any atom is -0.497 e. The first kappa shape index (κ1) is 20.9. The van der Waals surface area contributed by atoms with Gasteiger partial charge in [0.1, 0.15) is 5.75 Å². The number of piperidine rings is 1. The summed E-state index contributed by atoms with van der Waals surface area (Å²) in [6.07, 6.45) is 1.47. The Hall–Kier alpha value is -3.35. The fraction of sp³-hybridized carbons (Fsp3) is 0.375. The predicted octanol–water partition coefficient (Wildman–Crippen LogP) is 2.93. The van der Waals surface area contributed by atoms with Gasteiger partial charge >= 0.3 is 0 Å². The third-order valence-corrected chi connectivity index (χ3v) is 6.06. The van der Waals surface area contributed by atoms with E-state index in [-0.39, 0.29) is 36.0 Å². The molecule has 0 radical (unpaired) electrons. The summed E-state index contributed by atoms with van der Waals surface area (Å²) in [6, 6.07) is 16.7. The van der Waals surface area contributed by atoms with Gasteiger partial charge < -0.3 is 19.9 Å². The molecule has 7 nitrogen and oxygen atoms in total. The lowest BCUT2D eigenvalue weighted by Gasteiger charge is -2.33. The van der Waals surface area contributed by atoms with Crippen LogP contribution in [-0.2, 0) is 14.4 Å². The number of anilines is 2. The van der Waals surface area contributed by atoms with Gasteiger partial charge in [-0.3, -0.25) is 14.4 Å². The van der Waals surface area contributed by atoms with E-state index in [0.29, 0.717) is 38.2 Å². The van der Waals surface area contributed by atoms with Gasteiger partial charge in [0.05, 0.1) is 13.0 Å². The van der Waals surface area contributed by atoms with Crippen molar-refractivity contribution in [3.63, 3.8) is 0 Å². The van der Waals surface area contributed by atoms with Crippen LogP contribution >= 0.6 is 0 Å². The van der Waals surface area contributed by atoms with Gasteiger partial charge in [-0.05, 0) is 37.1 Å². The molecule has 0 aliphatic carbocycles. The molecule has 0 spiro atoms. The Labute approximate surface area is 182 Å². The minimum absolute atomic E-state index is 0.000614. The number of ether oxygens (including phenoxy) is 1. The Balaban J connectivity index is 1.31. The summed E-state index contributed by atoms with van der Waals surface area (Å²) in [5, 5.41) is 2.95. The molecule has 2 aliphatic heterocycles. The van der Waals surface area contributed by atoms with E-state index in [2.05, 4.69) is 5.32 Å². The lowest BCUT2D eigenvalue weighted by Crippen LogP contribution is -2.44. The van der Waals surface area contributed by atoms with Gasteiger partial charge in [0, 0.05) is 49.4 Å². The van der Waals surface area contributed by atoms with Crippen LogP contribution in [0.3, 0.4) is 0 Å². The van der Waals surface area contributed by atoms with Crippen molar-refractivity contribution in [2.45, 2.75) is 19.3 Å². The molecule has 3 amide bonds. The van der Waals surface area contributed by atoms with Crippen LogP contribution in [0.25, 0.3) is 0 Å². The first-order valence-corrected chi connectivity index (χ1v) is 10.6. The predicted molar refractivity (Wildman–Crippen MR) is 118 cm³/mol. The van der Waals surface area contributed by atoms with E-state index in [1.807, 2.05) is 54.6 Å². The normalized spacial score (nSPS) is 19.4. The average Bonchev–Trinajstić information content (AvgIpc) is 3.21. The summed E-state index contributed by atoms with van der Waals surface area (Å²) >= 11 is 0. The van der Waals surface area contributed by atoms with Gasteiger partial charge in [-0.15, -0.1) is 0 Å². The van der Waals surface area contributed by atoms with Gasteiger partial charge in [0.2, 0.25) is 17.7 Å². The van der Waals surface area contributed by atoms with E-state index in [1.54, 1.807) is 16.9 Å². The highest BCUT2D eigenvalue weighted by atomic mass is 16.5. The summed E-state index contributed by atoms with van der Waals surface area (Å²) in [7, 11) is 1.58. The smallest absolute Gasteiger partial charge is 0.228 e. The van der Waals surface area contributed by atoms with Crippen molar-refractivity contribution in [2.24, 2.45) is 11.8 Å². The molecule has 4 rings (SSSR count). The van der Waals surface area contributed by atoms with Crippen LogP contribution in [0.2, 0.25) is 0 Å². The molecule has 7 heteroatoms. The molecule has 162 valence electrons. The number of likely N-dealkylation sites (tertiary alicyclic amines) is 1. The number of methoxy groups -OCH3 is 1. The summed E-state index contributed by atoms with van der Waals surface area (Å²) in [5.41, 5.74) is 1.53. The third kappa shape index (κ3) is 4.71. The molecule has 2 fully saturated rings.